The molecular formula is C16H19ClN2O2. The molecule has 21 heavy (non-hydrogen) atoms. The van der Waals surface area contributed by atoms with Crippen LogP contribution in [0.25, 0.3) is 0 Å². The van der Waals surface area contributed by atoms with Gasteiger partial charge < -0.3 is 9.84 Å². The van der Waals surface area contributed by atoms with Crippen LogP contribution in [0, 0.1) is 0 Å². The first-order chi connectivity index (χ1) is 10.3. The fraction of sp³-hybridized carbons (Fsp3) is 0.312. The predicted octanol–water partition coefficient (Wildman–Crippen LogP) is 2.61. The third kappa shape index (κ3) is 5.71. The Bertz CT molecular complexity index is 520. The van der Waals surface area contributed by atoms with E-state index in [2.05, 4.69) is 9.88 Å². The molecule has 0 spiro atoms. The normalized spacial score (nSPS) is 10.8. The Morgan fingerprint density at radius 2 is 1.95 bits per heavy atom. The monoisotopic (exact) mass is 306 g/mol. The minimum atomic E-state index is 0.126. The summed E-state index contributed by atoms with van der Waals surface area (Å²) in [6.45, 7) is 2.78. The molecule has 1 heterocycles. The molecule has 0 radical (unpaired) electrons. The Hall–Kier alpha value is -1.62. The van der Waals surface area contributed by atoms with Gasteiger partial charge in [-0.25, -0.2) is 0 Å². The van der Waals surface area contributed by atoms with Gasteiger partial charge >= 0.3 is 0 Å². The lowest BCUT2D eigenvalue weighted by Gasteiger charge is -2.21. The van der Waals surface area contributed by atoms with E-state index in [0.29, 0.717) is 18.2 Å². The standard InChI is InChI=1S/C16H19ClN2O2/c17-15-3-5-16(6-4-15)21-11-9-19(8-10-20)13-14-2-1-7-18-12-14/h1-7,12,20H,8-11,13H2. The Morgan fingerprint density at radius 1 is 1.14 bits per heavy atom. The van der Waals surface area contributed by atoms with Crippen LogP contribution in [0.3, 0.4) is 0 Å². The highest BCUT2D eigenvalue weighted by molar-refractivity contribution is 6.30. The van der Waals surface area contributed by atoms with Crippen molar-refractivity contribution >= 4 is 11.6 Å². The number of halogens is 1. The number of aliphatic hydroxyl groups is 1. The van der Waals surface area contributed by atoms with Gasteiger partial charge in [-0.3, -0.25) is 9.88 Å². The second-order valence-electron chi connectivity index (χ2n) is 4.66. The SMILES string of the molecule is OCCN(CCOc1ccc(Cl)cc1)Cc1cccnc1. The van der Waals surface area contributed by atoms with Crippen molar-refractivity contribution in [3.63, 3.8) is 0 Å². The van der Waals surface area contributed by atoms with Crippen LogP contribution in [-0.4, -0.2) is 41.3 Å². The van der Waals surface area contributed by atoms with Gasteiger partial charge in [0.05, 0.1) is 6.61 Å². The molecule has 0 aliphatic heterocycles. The van der Waals surface area contributed by atoms with Crippen molar-refractivity contribution in [3.05, 3.63) is 59.4 Å². The first-order valence-corrected chi connectivity index (χ1v) is 7.26. The van der Waals surface area contributed by atoms with Crippen molar-refractivity contribution in [1.29, 1.82) is 0 Å². The summed E-state index contributed by atoms with van der Waals surface area (Å²) in [5.41, 5.74) is 1.12. The lowest BCUT2D eigenvalue weighted by Crippen LogP contribution is -2.30. The largest absolute Gasteiger partial charge is 0.492 e. The molecule has 1 aromatic heterocycles. The highest BCUT2D eigenvalue weighted by atomic mass is 35.5. The quantitative estimate of drug-likeness (QED) is 0.814. The number of hydrogen-bond acceptors (Lipinski definition) is 4. The second-order valence-corrected chi connectivity index (χ2v) is 5.10. The van der Waals surface area contributed by atoms with E-state index in [1.54, 1.807) is 18.3 Å². The van der Waals surface area contributed by atoms with E-state index in [9.17, 15) is 0 Å². The fourth-order valence-corrected chi connectivity index (χ4v) is 2.11. The highest BCUT2D eigenvalue weighted by Crippen LogP contribution is 2.15. The van der Waals surface area contributed by atoms with Crippen molar-refractivity contribution < 1.29 is 9.84 Å². The first kappa shape index (κ1) is 15.8. The molecule has 0 bridgehead atoms. The molecule has 0 aliphatic rings. The third-order valence-electron chi connectivity index (χ3n) is 3.04. The molecule has 0 saturated carbocycles. The maximum atomic E-state index is 9.15. The fourth-order valence-electron chi connectivity index (χ4n) is 1.98. The molecule has 5 heteroatoms. The molecule has 112 valence electrons. The topological polar surface area (TPSA) is 45.6 Å². The number of rotatable bonds is 8. The Labute approximate surface area is 130 Å². The van der Waals surface area contributed by atoms with E-state index in [1.165, 1.54) is 0 Å². The lowest BCUT2D eigenvalue weighted by atomic mass is 10.2. The Balaban J connectivity index is 1.81. The molecule has 2 aromatic rings. The number of benzene rings is 1. The summed E-state index contributed by atoms with van der Waals surface area (Å²) < 4.78 is 5.68. The van der Waals surface area contributed by atoms with Gasteiger partial charge in [-0.1, -0.05) is 17.7 Å². The van der Waals surface area contributed by atoms with Crippen LogP contribution in [0.15, 0.2) is 48.8 Å². The minimum Gasteiger partial charge on any atom is -0.492 e. The van der Waals surface area contributed by atoms with Crippen LogP contribution in [0.5, 0.6) is 5.75 Å². The Morgan fingerprint density at radius 3 is 2.62 bits per heavy atom. The van der Waals surface area contributed by atoms with E-state index in [4.69, 9.17) is 21.4 Å². The van der Waals surface area contributed by atoms with Crippen LogP contribution in [0.4, 0.5) is 0 Å². The van der Waals surface area contributed by atoms with Crippen molar-refractivity contribution in [2.24, 2.45) is 0 Å². The molecule has 0 aliphatic carbocycles. The number of aliphatic hydroxyl groups excluding tert-OH is 1. The summed E-state index contributed by atoms with van der Waals surface area (Å²) in [5.74, 6) is 0.796. The van der Waals surface area contributed by atoms with Crippen LogP contribution in [0.1, 0.15) is 5.56 Å². The molecule has 4 nitrogen and oxygen atoms in total. The number of aromatic nitrogens is 1. The van der Waals surface area contributed by atoms with Gasteiger partial charge in [0.1, 0.15) is 12.4 Å². The molecule has 0 amide bonds. The van der Waals surface area contributed by atoms with Crippen molar-refractivity contribution in [2.75, 3.05) is 26.3 Å². The highest BCUT2D eigenvalue weighted by Gasteiger charge is 2.06. The molecule has 0 fully saturated rings. The van der Waals surface area contributed by atoms with Gasteiger partial charge in [-0.15, -0.1) is 0 Å². The maximum absolute atomic E-state index is 9.15. The lowest BCUT2D eigenvalue weighted by molar-refractivity contribution is 0.163. The van der Waals surface area contributed by atoms with Crippen molar-refractivity contribution in [1.82, 2.24) is 9.88 Å². The Kier molecular flexibility index (Phi) is 6.47. The molecule has 0 saturated heterocycles. The molecular weight excluding hydrogens is 288 g/mol. The molecule has 1 aromatic carbocycles. The minimum absolute atomic E-state index is 0.126. The van der Waals surface area contributed by atoms with E-state index >= 15 is 0 Å². The van der Waals surface area contributed by atoms with E-state index in [0.717, 1.165) is 24.4 Å². The number of pyridine rings is 1. The summed E-state index contributed by atoms with van der Waals surface area (Å²) in [6, 6.07) is 11.2. The average Bonchev–Trinajstić information content (AvgIpc) is 2.50. The molecule has 2 rings (SSSR count). The van der Waals surface area contributed by atoms with Gasteiger partial charge in [0.2, 0.25) is 0 Å². The zero-order chi connectivity index (χ0) is 14.9. The summed E-state index contributed by atoms with van der Waals surface area (Å²) >= 11 is 5.83. The molecule has 0 atom stereocenters. The van der Waals surface area contributed by atoms with E-state index in [1.807, 2.05) is 30.5 Å². The van der Waals surface area contributed by atoms with Crippen molar-refractivity contribution in [3.8, 4) is 5.75 Å². The number of nitrogens with zero attached hydrogens (tertiary/aromatic N) is 2. The maximum Gasteiger partial charge on any atom is 0.119 e. The van der Waals surface area contributed by atoms with Gasteiger partial charge in [0.15, 0.2) is 0 Å². The summed E-state index contributed by atoms with van der Waals surface area (Å²) in [7, 11) is 0. The second kappa shape index (κ2) is 8.62. The summed E-state index contributed by atoms with van der Waals surface area (Å²) in [6.07, 6.45) is 3.59. The van der Waals surface area contributed by atoms with Crippen LogP contribution < -0.4 is 4.74 Å². The molecule has 0 unspecified atom stereocenters. The van der Waals surface area contributed by atoms with Crippen LogP contribution >= 0.6 is 11.6 Å². The third-order valence-corrected chi connectivity index (χ3v) is 3.29. The average molecular weight is 307 g/mol. The number of hydrogen-bond donors (Lipinski definition) is 1. The molecule has 1 N–H and O–H groups in total. The predicted molar refractivity (Wildman–Crippen MR) is 83.5 cm³/mol. The van der Waals surface area contributed by atoms with Crippen molar-refractivity contribution in [2.45, 2.75) is 6.54 Å². The van der Waals surface area contributed by atoms with E-state index < -0.39 is 0 Å². The smallest absolute Gasteiger partial charge is 0.119 e. The zero-order valence-electron chi connectivity index (χ0n) is 11.8. The number of ether oxygens (including phenoxy) is 1. The zero-order valence-corrected chi connectivity index (χ0v) is 12.5. The van der Waals surface area contributed by atoms with Gasteiger partial charge in [-0.05, 0) is 35.9 Å². The summed E-state index contributed by atoms with van der Waals surface area (Å²) in [5, 5.41) is 9.84. The van der Waals surface area contributed by atoms with Gasteiger partial charge in [-0.2, -0.15) is 0 Å². The van der Waals surface area contributed by atoms with E-state index in [-0.39, 0.29) is 6.61 Å². The van der Waals surface area contributed by atoms with Gasteiger partial charge in [0, 0.05) is 37.1 Å². The van der Waals surface area contributed by atoms with Crippen LogP contribution in [-0.2, 0) is 6.54 Å². The van der Waals surface area contributed by atoms with Crippen LogP contribution in [0.2, 0.25) is 5.02 Å². The summed E-state index contributed by atoms with van der Waals surface area (Å²) in [4.78, 5) is 6.23. The first-order valence-electron chi connectivity index (χ1n) is 6.88. The van der Waals surface area contributed by atoms with Gasteiger partial charge in [0.25, 0.3) is 0 Å².